The van der Waals surface area contributed by atoms with Crippen LogP contribution in [0.1, 0.15) is 41.0 Å². The molecule has 142 valence electrons. The molecular weight excluding hydrogens is 378 g/mol. The van der Waals surface area contributed by atoms with Gasteiger partial charge in [0.1, 0.15) is 12.1 Å². The van der Waals surface area contributed by atoms with Crippen LogP contribution in [0.2, 0.25) is 0 Å². The van der Waals surface area contributed by atoms with Crippen LogP contribution >= 0.6 is 11.8 Å². The third-order valence-corrected chi connectivity index (χ3v) is 8.54. The number of H-pyrrole nitrogens is 1. The van der Waals surface area contributed by atoms with Gasteiger partial charge in [-0.25, -0.2) is 0 Å². The second-order valence-corrected chi connectivity index (χ2v) is 9.67. The number of fused-ring (bicyclic) bond motifs is 3. The van der Waals surface area contributed by atoms with Crippen molar-refractivity contribution in [1.82, 2.24) is 15.2 Å². The molecule has 6 aliphatic rings. The first-order valence-corrected chi connectivity index (χ1v) is 10.5. The first kappa shape index (κ1) is 15.6. The van der Waals surface area contributed by atoms with Crippen molar-refractivity contribution >= 4 is 29.3 Å². The number of hydrogen-bond acceptors (Lipinski definition) is 7. The molecule has 2 fully saturated rings. The van der Waals surface area contributed by atoms with Gasteiger partial charge in [0.15, 0.2) is 5.78 Å². The molecule has 8 heteroatoms. The highest BCUT2D eigenvalue weighted by Crippen LogP contribution is 2.69. The van der Waals surface area contributed by atoms with Crippen molar-refractivity contribution in [3.05, 3.63) is 45.3 Å². The molecule has 7 rings (SSSR count). The number of ether oxygens (including phenoxy) is 1. The molecule has 4 aliphatic heterocycles. The number of piperidine rings is 1. The van der Waals surface area contributed by atoms with E-state index in [1.165, 1.54) is 6.92 Å². The van der Waals surface area contributed by atoms with Crippen LogP contribution in [-0.4, -0.2) is 51.5 Å². The van der Waals surface area contributed by atoms with E-state index >= 15 is 0 Å². The number of carbonyl (C=O) groups is 3. The summed E-state index contributed by atoms with van der Waals surface area (Å²) in [7, 11) is 0. The summed E-state index contributed by atoms with van der Waals surface area (Å²) in [5.74, 6) is -0.393. The lowest BCUT2D eigenvalue weighted by Crippen LogP contribution is -2.68. The number of ketones is 2. The van der Waals surface area contributed by atoms with Crippen molar-refractivity contribution in [2.45, 2.75) is 43.3 Å². The Hall–Kier alpha value is -2.32. The Bertz CT molecular complexity index is 1100. The highest BCUT2D eigenvalue weighted by molar-refractivity contribution is 8.04. The summed E-state index contributed by atoms with van der Waals surface area (Å²) in [6.07, 6.45) is 4.61. The Balaban J connectivity index is 1.60. The third-order valence-electron chi connectivity index (χ3n) is 7.24. The van der Waals surface area contributed by atoms with E-state index in [4.69, 9.17) is 4.74 Å². The van der Waals surface area contributed by atoms with Gasteiger partial charge in [0, 0.05) is 30.1 Å². The molecule has 0 saturated carbocycles. The van der Waals surface area contributed by atoms with Crippen LogP contribution in [0.3, 0.4) is 0 Å². The number of nitrogens with zero attached hydrogens (tertiary/aromatic N) is 1. The van der Waals surface area contributed by atoms with Crippen LogP contribution in [-0.2, 0) is 20.7 Å². The van der Waals surface area contributed by atoms with Gasteiger partial charge in [0.25, 0.3) is 0 Å². The van der Waals surface area contributed by atoms with Crippen LogP contribution < -0.4 is 5.32 Å². The average molecular weight is 395 g/mol. The second-order valence-electron chi connectivity index (χ2n) is 8.42. The third kappa shape index (κ3) is 1.48. The predicted octanol–water partition coefficient (Wildman–Crippen LogP) is 1.20. The zero-order valence-corrected chi connectivity index (χ0v) is 15.9. The smallest absolute Gasteiger partial charge is 0.303 e. The molecule has 1 unspecified atom stereocenters. The number of thioether (sulfide) groups is 1. The van der Waals surface area contributed by atoms with Gasteiger partial charge < -0.3 is 15.0 Å². The highest BCUT2D eigenvalue weighted by Gasteiger charge is 2.70. The van der Waals surface area contributed by atoms with Gasteiger partial charge in [0.2, 0.25) is 5.78 Å². The van der Waals surface area contributed by atoms with Crippen LogP contribution in [0.5, 0.6) is 0 Å². The molecule has 1 aromatic rings. The number of aromatic amines is 1. The lowest BCUT2D eigenvalue weighted by atomic mass is 9.56. The van der Waals surface area contributed by atoms with Crippen molar-refractivity contribution in [2.75, 3.05) is 6.54 Å². The quantitative estimate of drug-likeness (QED) is 0.691. The summed E-state index contributed by atoms with van der Waals surface area (Å²) in [6, 6.07) is -0.612. The molecule has 2 N–H and O–H groups in total. The fourth-order valence-electron chi connectivity index (χ4n) is 6.40. The van der Waals surface area contributed by atoms with E-state index in [0.717, 1.165) is 34.4 Å². The lowest BCUT2D eigenvalue weighted by molar-refractivity contribution is -0.166. The minimum Gasteiger partial charge on any atom is -0.459 e. The van der Waals surface area contributed by atoms with E-state index in [1.807, 2.05) is 6.20 Å². The highest BCUT2D eigenvalue weighted by atomic mass is 32.2. The minimum atomic E-state index is -0.576. The molecule has 5 atom stereocenters. The lowest BCUT2D eigenvalue weighted by Gasteiger charge is -2.60. The topological polar surface area (TPSA) is 91.5 Å². The van der Waals surface area contributed by atoms with E-state index in [-0.39, 0.29) is 29.0 Å². The van der Waals surface area contributed by atoms with Crippen molar-refractivity contribution in [2.24, 2.45) is 5.41 Å². The SMILES string of the molecule is CC(=O)O[C@H]1[C@H]2C(=O)C=C3S[C@H]4C[C@]31C1=C(N4)C(=O)c3[nH]cc4c3C1N2CC4. The number of Topliss-reactive ketones (excluding diaryl/α,β-unsaturated/α-hetero) is 1. The fourth-order valence-corrected chi connectivity index (χ4v) is 7.93. The van der Waals surface area contributed by atoms with Crippen molar-refractivity contribution in [1.29, 1.82) is 0 Å². The molecular formula is C20H17N3O4S. The molecule has 2 saturated heterocycles. The van der Waals surface area contributed by atoms with Crippen LogP contribution in [0.15, 0.2) is 28.4 Å². The van der Waals surface area contributed by atoms with Crippen LogP contribution in [0.25, 0.3) is 0 Å². The van der Waals surface area contributed by atoms with Crippen molar-refractivity contribution < 1.29 is 19.1 Å². The minimum absolute atomic E-state index is 0.00433. The standard InChI is InChI=1S/C20H17N3O4S/c1-7(24)27-19-16-9(25)4-10-20(19)5-11(28-10)22-15-13(20)17-12-8(2-3-23(16)17)6-21-14(12)18(15)26/h4,6,11,16-17,19,21-22H,2-3,5H2,1H3/t11-,16+,17?,19-,20+/m0/s1. The summed E-state index contributed by atoms with van der Waals surface area (Å²) in [4.78, 5) is 44.9. The maximum atomic E-state index is 13.4. The number of nitrogens with one attached hydrogen (secondary N) is 2. The summed E-state index contributed by atoms with van der Waals surface area (Å²) in [6.45, 7) is 2.10. The molecule has 2 aliphatic carbocycles. The van der Waals surface area contributed by atoms with Gasteiger partial charge in [-0.1, -0.05) is 0 Å². The van der Waals surface area contributed by atoms with Gasteiger partial charge in [-0.15, -0.1) is 11.8 Å². The van der Waals surface area contributed by atoms with Gasteiger partial charge in [0.05, 0.1) is 28.2 Å². The monoisotopic (exact) mass is 395 g/mol. The Morgan fingerprint density at radius 3 is 3.07 bits per heavy atom. The summed E-state index contributed by atoms with van der Waals surface area (Å²) in [5.41, 5.74) is 3.89. The van der Waals surface area contributed by atoms with Crippen molar-refractivity contribution in [3.8, 4) is 0 Å². The van der Waals surface area contributed by atoms with E-state index < -0.39 is 17.6 Å². The Morgan fingerprint density at radius 1 is 1.39 bits per heavy atom. The molecule has 7 nitrogen and oxygen atoms in total. The number of rotatable bonds is 1. The maximum absolute atomic E-state index is 13.4. The van der Waals surface area contributed by atoms with E-state index in [9.17, 15) is 14.4 Å². The van der Waals surface area contributed by atoms with Gasteiger partial charge >= 0.3 is 5.97 Å². The fraction of sp³-hybridized carbons (Fsp3) is 0.450. The first-order valence-electron chi connectivity index (χ1n) is 9.62. The number of hydrogen-bond donors (Lipinski definition) is 2. The molecule has 1 spiro atoms. The summed E-state index contributed by atoms with van der Waals surface area (Å²) >= 11 is 1.60. The second kappa shape index (κ2) is 4.63. The Kier molecular flexibility index (Phi) is 2.58. The molecule has 3 bridgehead atoms. The van der Waals surface area contributed by atoms with E-state index in [2.05, 4.69) is 15.2 Å². The first-order chi connectivity index (χ1) is 13.5. The normalized spacial score (nSPS) is 39.0. The maximum Gasteiger partial charge on any atom is 0.303 e. The van der Waals surface area contributed by atoms with Crippen LogP contribution in [0, 0.1) is 5.41 Å². The predicted molar refractivity (Wildman–Crippen MR) is 99.3 cm³/mol. The van der Waals surface area contributed by atoms with E-state index in [0.29, 0.717) is 17.9 Å². The average Bonchev–Trinajstić information content (AvgIpc) is 3.19. The number of esters is 1. The van der Waals surface area contributed by atoms with Gasteiger partial charge in [-0.3, -0.25) is 19.3 Å². The Labute approximate surface area is 164 Å². The Morgan fingerprint density at radius 2 is 2.25 bits per heavy atom. The van der Waals surface area contributed by atoms with Gasteiger partial charge in [-0.2, -0.15) is 0 Å². The van der Waals surface area contributed by atoms with Crippen LogP contribution in [0.4, 0.5) is 0 Å². The zero-order valence-electron chi connectivity index (χ0n) is 15.1. The molecule has 5 heterocycles. The largest absolute Gasteiger partial charge is 0.459 e. The molecule has 28 heavy (non-hydrogen) atoms. The molecule has 0 aromatic carbocycles. The van der Waals surface area contributed by atoms with E-state index in [1.54, 1.807) is 17.8 Å². The molecule has 0 radical (unpaired) electrons. The number of aromatic nitrogens is 1. The number of allylic oxidation sites excluding steroid dienone is 1. The zero-order chi connectivity index (χ0) is 18.9. The number of carbonyl (C=O) groups excluding carboxylic acids is 3. The van der Waals surface area contributed by atoms with Gasteiger partial charge in [-0.05, 0) is 30.1 Å². The summed E-state index contributed by atoms with van der Waals surface area (Å²) in [5, 5.41) is 3.44. The molecule has 0 amide bonds. The van der Waals surface area contributed by atoms with Crippen molar-refractivity contribution in [3.63, 3.8) is 0 Å². The summed E-state index contributed by atoms with van der Waals surface area (Å²) < 4.78 is 5.87. The molecule has 1 aromatic heterocycles.